The van der Waals surface area contributed by atoms with Gasteiger partial charge in [-0.3, -0.25) is 14.5 Å². The van der Waals surface area contributed by atoms with Gasteiger partial charge < -0.3 is 10.1 Å². The number of rotatable bonds is 3. The Morgan fingerprint density at radius 2 is 2.38 bits per heavy atom. The van der Waals surface area contributed by atoms with Crippen molar-refractivity contribution in [2.45, 2.75) is 12.8 Å². The van der Waals surface area contributed by atoms with E-state index in [0.29, 0.717) is 39.3 Å². The number of amides is 1. The molecule has 0 spiro atoms. The van der Waals surface area contributed by atoms with E-state index in [0.717, 1.165) is 13.0 Å². The van der Waals surface area contributed by atoms with Crippen molar-refractivity contribution in [1.82, 2.24) is 10.2 Å². The van der Waals surface area contributed by atoms with Gasteiger partial charge >= 0.3 is 0 Å². The topological polar surface area (TPSA) is 58.6 Å². The Morgan fingerprint density at radius 1 is 1.50 bits per heavy atom. The zero-order chi connectivity index (χ0) is 11.4. The van der Waals surface area contributed by atoms with E-state index in [9.17, 15) is 9.59 Å². The van der Waals surface area contributed by atoms with Crippen molar-refractivity contribution in [1.29, 1.82) is 0 Å². The molecule has 0 aromatic carbocycles. The van der Waals surface area contributed by atoms with E-state index >= 15 is 0 Å². The highest BCUT2D eigenvalue weighted by Crippen LogP contribution is 2.14. The lowest BCUT2D eigenvalue weighted by Gasteiger charge is -2.19. The normalized spacial score (nSPS) is 27.5. The van der Waals surface area contributed by atoms with Crippen molar-refractivity contribution in [3.8, 4) is 0 Å². The second kappa shape index (κ2) is 5.41. The summed E-state index contributed by atoms with van der Waals surface area (Å²) >= 11 is 0. The van der Waals surface area contributed by atoms with Crippen LogP contribution in [0.5, 0.6) is 0 Å². The van der Waals surface area contributed by atoms with E-state index in [1.807, 2.05) is 0 Å². The number of ether oxygens (including phenoxy) is 1. The molecular weight excluding hydrogens is 208 g/mol. The Balaban J connectivity index is 1.79. The summed E-state index contributed by atoms with van der Waals surface area (Å²) in [5.74, 6) is 0.415. The summed E-state index contributed by atoms with van der Waals surface area (Å²) in [5.41, 5.74) is 0. The summed E-state index contributed by atoms with van der Waals surface area (Å²) in [7, 11) is 0. The molecule has 2 fully saturated rings. The highest BCUT2D eigenvalue weighted by atomic mass is 16.5. The van der Waals surface area contributed by atoms with Gasteiger partial charge in [0.2, 0.25) is 5.91 Å². The Kier molecular flexibility index (Phi) is 3.90. The van der Waals surface area contributed by atoms with Gasteiger partial charge in [0.25, 0.3) is 0 Å². The van der Waals surface area contributed by atoms with E-state index in [1.165, 1.54) is 0 Å². The molecule has 1 amide bonds. The van der Waals surface area contributed by atoms with E-state index in [4.69, 9.17) is 4.74 Å². The minimum atomic E-state index is 0.0758. The summed E-state index contributed by atoms with van der Waals surface area (Å²) in [6, 6.07) is 0. The Morgan fingerprint density at radius 3 is 3.12 bits per heavy atom. The molecule has 5 nitrogen and oxygen atoms in total. The van der Waals surface area contributed by atoms with Gasteiger partial charge in [0, 0.05) is 38.6 Å². The number of Topliss-reactive ketones (excluding diaryl/α,β-unsaturated/α-hetero) is 1. The van der Waals surface area contributed by atoms with Gasteiger partial charge in [-0.25, -0.2) is 0 Å². The van der Waals surface area contributed by atoms with Crippen LogP contribution in [-0.2, 0) is 14.3 Å². The molecule has 0 aromatic rings. The number of hydrogen-bond acceptors (Lipinski definition) is 4. The smallest absolute Gasteiger partial charge is 0.221 e. The number of nitrogens with one attached hydrogen (secondary N) is 1. The van der Waals surface area contributed by atoms with Gasteiger partial charge in [0.05, 0.1) is 13.2 Å². The van der Waals surface area contributed by atoms with Crippen LogP contribution in [0.1, 0.15) is 12.8 Å². The first-order chi connectivity index (χ1) is 7.75. The monoisotopic (exact) mass is 226 g/mol. The molecule has 16 heavy (non-hydrogen) atoms. The maximum atomic E-state index is 11.9. The number of ketones is 1. The summed E-state index contributed by atoms with van der Waals surface area (Å²) in [6.07, 6.45) is 1.35. The highest BCUT2D eigenvalue weighted by Gasteiger charge is 2.25. The van der Waals surface area contributed by atoms with Gasteiger partial charge in [-0.15, -0.1) is 0 Å². The van der Waals surface area contributed by atoms with Crippen LogP contribution in [0.2, 0.25) is 0 Å². The molecule has 2 rings (SSSR count). The van der Waals surface area contributed by atoms with Crippen molar-refractivity contribution in [3.63, 3.8) is 0 Å². The third-order valence-corrected chi connectivity index (χ3v) is 3.17. The molecule has 5 heteroatoms. The average Bonchev–Trinajstić information content (AvgIpc) is 2.72. The predicted octanol–water partition coefficient (Wildman–Crippen LogP) is -0.586. The largest absolute Gasteiger partial charge is 0.381 e. The summed E-state index contributed by atoms with van der Waals surface area (Å²) < 4.78 is 5.20. The van der Waals surface area contributed by atoms with Crippen molar-refractivity contribution in [2.24, 2.45) is 5.92 Å². The van der Waals surface area contributed by atoms with Crippen LogP contribution in [0.15, 0.2) is 0 Å². The first kappa shape index (κ1) is 11.5. The van der Waals surface area contributed by atoms with Gasteiger partial charge in [-0.05, 0) is 6.42 Å². The molecular formula is C11H18N2O3. The Labute approximate surface area is 95.1 Å². The van der Waals surface area contributed by atoms with E-state index in [2.05, 4.69) is 10.2 Å². The maximum absolute atomic E-state index is 11.9. The lowest BCUT2D eigenvalue weighted by atomic mass is 10.0. The average molecular weight is 226 g/mol. The second-order valence-electron chi connectivity index (χ2n) is 4.40. The van der Waals surface area contributed by atoms with Crippen LogP contribution >= 0.6 is 0 Å². The fraction of sp³-hybridized carbons (Fsp3) is 0.818. The Hall–Kier alpha value is -0.940. The molecule has 1 atom stereocenters. The molecule has 1 N–H and O–H groups in total. The lowest BCUT2D eigenvalue weighted by Crippen LogP contribution is -2.35. The summed E-state index contributed by atoms with van der Waals surface area (Å²) in [5, 5.41) is 2.80. The third kappa shape index (κ3) is 3.02. The van der Waals surface area contributed by atoms with Crippen molar-refractivity contribution in [2.75, 3.05) is 39.4 Å². The first-order valence-electron chi connectivity index (χ1n) is 5.85. The summed E-state index contributed by atoms with van der Waals surface area (Å²) in [6.45, 7) is 3.84. The lowest BCUT2D eigenvalue weighted by molar-refractivity contribution is -0.124. The standard InChI is InChI=1S/C11H18N2O3/c14-10(9-2-6-16-8-9)7-13-4-1-11(15)12-3-5-13/h9H,1-8H2,(H,12,15). The number of carbonyl (C=O) groups excluding carboxylic acids is 2. The molecule has 90 valence electrons. The molecule has 2 saturated heterocycles. The van der Waals surface area contributed by atoms with E-state index in [-0.39, 0.29) is 17.6 Å². The number of nitrogens with zero attached hydrogens (tertiary/aromatic N) is 1. The molecule has 0 aliphatic carbocycles. The zero-order valence-corrected chi connectivity index (χ0v) is 9.41. The molecule has 2 heterocycles. The molecule has 2 aliphatic rings. The molecule has 1 unspecified atom stereocenters. The van der Waals surface area contributed by atoms with Gasteiger partial charge in [-0.1, -0.05) is 0 Å². The van der Waals surface area contributed by atoms with Gasteiger partial charge in [0.15, 0.2) is 5.78 Å². The second-order valence-corrected chi connectivity index (χ2v) is 4.40. The van der Waals surface area contributed by atoms with Crippen molar-refractivity contribution >= 4 is 11.7 Å². The van der Waals surface area contributed by atoms with E-state index < -0.39 is 0 Å². The molecule has 0 radical (unpaired) electrons. The molecule has 2 aliphatic heterocycles. The molecule has 0 saturated carbocycles. The third-order valence-electron chi connectivity index (χ3n) is 3.17. The minimum absolute atomic E-state index is 0.0758. The van der Waals surface area contributed by atoms with Crippen LogP contribution in [0, 0.1) is 5.92 Å². The minimum Gasteiger partial charge on any atom is -0.381 e. The van der Waals surface area contributed by atoms with Crippen LogP contribution in [-0.4, -0.2) is 56.0 Å². The quantitative estimate of drug-likeness (QED) is 0.699. The fourth-order valence-corrected chi connectivity index (χ4v) is 2.11. The van der Waals surface area contributed by atoms with Crippen LogP contribution in [0.3, 0.4) is 0 Å². The first-order valence-corrected chi connectivity index (χ1v) is 5.85. The zero-order valence-electron chi connectivity index (χ0n) is 9.41. The highest BCUT2D eigenvalue weighted by molar-refractivity contribution is 5.83. The maximum Gasteiger partial charge on any atom is 0.221 e. The summed E-state index contributed by atoms with van der Waals surface area (Å²) in [4.78, 5) is 25.1. The van der Waals surface area contributed by atoms with Gasteiger partial charge in [-0.2, -0.15) is 0 Å². The number of carbonyl (C=O) groups is 2. The Bertz CT molecular complexity index is 274. The van der Waals surface area contributed by atoms with Gasteiger partial charge in [0.1, 0.15) is 0 Å². The molecule has 0 aromatic heterocycles. The number of hydrogen-bond donors (Lipinski definition) is 1. The van der Waals surface area contributed by atoms with E-state index in [1.54, 1.807) is 0 Å². The fourth-order valence-electron chi connectivity index (χ4n) is 2.11. The predicted molar refractivity (Wildman–Crippen MR) is 58.0 cm³/mol. The van der Waals surface area contributed by atoms with Crippen molar-refractivity contribution < 1.29 is 14.3 Å². The van der Waals surface area contributed by atoms with Crippen LogP contribution < -0.4 is 5.32 Å². The van der Waals surface area contributed by atoms with Crippen molar-refractivity contribution in [3.05, 3.63) is 0 Å². The van der Waals surface area contributed by atoms with Crippen LogP contribution in [0.25, 0.3) is 0 Å². The van der Waals surface area contributed by atoms with Crippen LogP contribution in [0.4, 0.5) is 0 Å². The SMILES string of the molecule is O=C1CCN(CC(=O)C2CCOC2)CCN1. The molecule has 0 bridgehead atoms.